The van der Waals surface area contributed by atoms with Gasteiger partial charge in [0, 0.05) is 0 Å². The normalized spacial score (nSPS) is 9.50. The van der Waals surface area contributed by atoms with Crippen molar-refractivity contribution in [3.05, 3.63) is 0 Å². The summed E-state index contributed by atoms with van der Waals surface area (Å²) < 4.78 is 0. The van der Waals surface area contributed by atoms with Crippen molar-refractivity contribution in [3.63, 3.8) is 0 Å². The fourth-order valence-corrected chi connectivity index (χ4v) is 1.38. The summed E-state index contributed by atoms with van der Waals surface area (Å²) >= 11 is 0. The van der Waals surface area contributed by atoms with Gasteiger partial charge in [-0.15, -0.1) is 0 Å². The maximum absolute atomic E-state index is 2.27. The third kappa shape index (κ3) is 12.9. The van der Waals surface area contributed by atoms with Gasteiger partial charge in [-0.25, -0.2) is 0 Å². The van der Waals surface area contributed by atoms with E-state index in [0.29, 0.717) is 0 Å². The number of rotatable bonds is 8. The molecule has 0 rings (SSSR count). The molecule has 0 aromatic carbocycles. The summed E-state index contributed by atoms with van der Waals surface area (Å²) in [6.45, 7) is 4.55. The zero-order valence-corrected chi connectivity index (χ0v) is 8.36. The standard InChI is InChI=1S/C11H24.H4Si/c1-3-5-7-9-11-10-8-6-4-2;/h3-11H2,1-2H3;1H4. The van der Waals surface area contributed by atoms with Gasteiger partial charge < -0.3 is 0 Å². The first-order valence-electron chi connectivity index (χ1n) is 5.41. The van der Waals surface area contributed by atoms with E-state index >= 15 is 0 Å². The first kappa shape index (κ1) is 14.7. The van der Waals surface area contributed by atoms with E-state index in [0.717, 1.165) is 0 Å². The van der Waals surface area contributed by atoms with E-state index in [1.54, 1.807) is 0 Å². The van der Waals surface area contributed by atoms with Crippen LogP contribution < -0.4 is 0 Å². The Labute approximate surface area is 83.2 Å². The van der Waals surface area contributed by atoms with Crippen LogP contribution in [0.1, 0.15) is 71.6 Å². The largest absolute Gasteiger partial charge is 0.0654 e. The molecule has 0 aromatic heterocycles. The topological polar surface area (TPSA) is 0 Å². The Morgan fingerprint density at radius 3 is 1.00 bits per heavy atom. The van der Waals surface area contributed by atoms with E-state index in [-0.39, 0.29) is 11.0 Å². The van der Waals surface area contributed by atoms with Crippen molar-refractivity contribution < 1.29 is 0 Å². The molecular formula is C11H28Si. The molecule has 0 saturated heterocycles. The van der Waals surface area contributed by atoms with Crippen LogP contribution in [0.25, 0.3) is 0 Å². The van der Waals surface area contributed by atoms with E-state index in [1.165, 1.54) is 57.8 Å². The molecular weight excluding hydrogens is 160 g/mol. The van der Waals surface area contributed by atoms with E-state index in [1.807, 2.05) is 0 Å². The highest BCUT2D eigenvalue weighted by Gasteiger charge is 1.88. The lowest BCUT2D eigenvalue weighted by Gasteiger charge is -1.98. The Hall–Kier alpha value is 0.217. The monoisotopic (exact) mass is 188 g/mol. The second-order valence-corrected chi connectivity index (χ2v) is 3.47. The number of hydrogen-bond acceptors (Lipinski definition) is 0. The van der Waals surface area contributed by atoms with Gasteiger partial charge in [0.15, 0.2) is 0 Å². The van der Waals surface area contributed by atoms with E-state index in [2.05, 4.69) is 13.8 Å². The van der Waals surface area contributed by atoms with Crippen LogP contribution in [0, 0.1) is 0 Å². The van der Waals surface area contributed by atoms with Crippen LogP contribution in [0.15, 0.2) is 0 Å². The molecule has 0 aromatic rings. The highest BCUT2D eigenvalue weighted by atomic mass is 28.1. The van der Waals surface area contributed by atoms with Gasteiger partial charge in [0.2, 0.25) is 0 Å². The van der Waals surface area contributed by atoms with Gasteiger partial charge in [-0.05, 0) is 11.0 Å². The lowest BCUT2D eigenvalue weighted by molar-refractivity contribution is 0.572. The summed E-state index contributed by atoms with van der Waals surface area (Å²) in [7, 11) is 0. The summed E-state index contributed by atoms with van der Waals surface area (Å²) in [6, 6.07) is 0. The Morgan fingerprint density at radius 1 is 0.500 bits per heavy atom. The summed E-state index contributed by atoms with van der Waals surface area (Å²) in [5.41, 5.74) is 0. The van der Waals surface area contributed by atoms with Crippen molar-refractivity contribution in [3.8, 4) is 0 Å². The van der Waals surface area contributed by atoms with Gasteiger partial charge in [0.05, 0.1) is 0 Å². The zero-order valence-electron chi connectivity index (χ0n) is 8.36. The molecule has 0 radical (unpaired) electrons. The van der Waals surface area contributed by atoms with E-state index in [9.17, 15) is 0 Å². The molecule has 0 aliphatic heterocycles. The van der Waals surface area contributed by atoms with Crippen LogP contribution in [-0.4, -0.2) is 11.0 Å². The average molecular weight is 188 g/mol. The predicted molar refractivity (Wildman–Crippen MR) is 64.2 cm³/mol. The molecule has 0 amide bonds. The van der Waals surface area contributed by atoms with Crippen molar-refractivity contribution in [1.29, 1.82) is 0 Å². The molecule has 0 aliphatic carbocycles. The second kappa shape index (κ2) is 13.8. The first-order chi connectivity index (χ1) is 5.41. The highest BCUT2D eigenvalue weighted by molar-refractivity contribution is 5.75. The average Bonchev–Trinajstić information content (AvgIpc) is 2.03. The molecule has 0 heterocycles. The fourth-order valence-electron chi connectivity index (χ4n) is 1.38. The summed E-state index contributed by atoms with van der Waals surface area (Å²) in [4.78, 5) is 0. The molecule has 12 heavy (non-hydrogen) atoms. The Morgan fingerprint density at radius 2 is 0.750 bits per heavy atom. The summed E-state index contributed by atoms with van der Waals surface area (Å²) in [5, 5.41) is 0. The van der Waals surface area contributed by atoms with Crippen molar-refractivity contribution in [1.82, 2.24) is 0 Å². The van der Waals surface area contributed by atoms with Crippen LogP contribution >= 0.6 is 0 Å². The molecule has 0 unspecified atom stereocenters. The Balaban J connectivity index is 0. The highest BCUT2D eigenvalue weighted by Crippen LogP contribution is 2.08. The Kier molecular flexibility index (Phi) is 16.9. The molecule has 76 valence electrons. The lowest BCUT2D eigenvalue weighted by Crippen LogP contribution is -1.79. The fraction of sp³-hybridized carbons (Fsp3) is 1.00. The summed E-state index contributed by atoms with van der Waals surface area (Å²) in [5.74, 6) is 0. The molecule has 0 aliphatic rings. The van der Waals surface area contributed by atoms with Crippen LogP contribution in [0.4, 0.5) is 0 Å². The minimum Gasteiger partial charge on any atom is -0.0654 e. The van der Waals surface area contributed by atoms with Crippen molar-refractivity contribution in [2.24, 2.45) is 0 Å². The lowest BCUT2D eigenvalue weighted by atomic mass is 10.1. The van der Waals surface area contributed by atoms with Gasteiger partial charge in [-0.3, -0.25) is 0 Å². The van der Waals surface area contributed by atoms with E-state index in [4.69, 9.17) is 0 Å². The van der Waals surface area contributed by atoms with E-state index < -0.39 is 0 Å². The maximum atomic E-state index is 2.27. The SMILES string of the molecule is CCCCCCCCCCC.[SiH4]. The molecule has 0 atom stereocenters. The summed E-state index contributed by atoms with van der Waals surface area (Å²) in [6.07, 6.45) is 13.0. The number of hydrogen-bond donors (Lipinski definition) is 0. The van der Waals surface area contributed by atoms with Gasteiger partial charge in [-0.1, -0.05) is 71.6 Å². The smallest absolute Gasteiger partial charge is 0.0149 e. The van der Waals surface area contributed by atoms with Crippen LogP contribution in [0.2, 0.25) is 0 Å². The van der Waals surface area contributed by atoms with Gasteiger partial charge in [0.1, 0.15) is 0 Å². The minimum absolute atomic E-state index is 0. The van der Waals surface area contributed by atoms with Crippen molar-refractivity contribution >= 4 is 11.0 Å². The van der Waals surface area contributed by atoms with Gasteiger partial charge in [-0.2, -0.15) is 0 Å². The Bertz CT molecular complexity index is 54.0. The maximum Gasteiger partial charge on any atom is -0.0149 e. The predicted octanol–water partition coefficient (Wildman–Crippen LogP) is 3.09. The van der Waals surface area contributed by atoms with Gasteiger partial charge in [0.25, 0.3) is 0 Å². The van der Waals surface area contributed by atoms with Crippen LogP contribution in [0.5, 0.6) is 0 Å². The molecule has 1 heteroatoms. The third-order valence-electron chi connectivity index (χ3n) is 2.21. The minimum atomic E-state index is 0. The van der Waals surface area contributed by atoms with Crippen molar-refractivity contribution in [2.45, 2.75) is 71.6 Å². The van der Waals surface area contributed by atoms with Crippen LogP contribution in [0.3, 0.4) is 0 Å². The quantitative estimate of drug-likeness (QED) is 0.406. The van der Waals surface area contributed by atoms with Crippen LogP contribution in [-0.2, 0) is 0 Å². The molecule has 0 spiro atoms. The van der Waals surface area contributed by atoms with Crippen molar-refractivity contribution in [2.75, 3.05) is 0 Å². The molecule has 0 fully saturated rings. The first-order valence-corrected chi connectivity index (χ1v) is 5.41. The van der Waals surface area contributed by atoms with Gasteiger partial charge >= 0.3 is 0 Å². The zero-order chi connectivity index (χ0) is 8.36. The third-order valence-corrected chi connectivity index (χ3v) is 2.21. The molecule has 0 bridgehead atoms. The second-order valence-electron chi connectivity index (χ2n) is 3.47. The molecule has 0 saturated carbocycles. The number of unbranched alkanes of at least 4 members (excludes halogenated alkanes) is 8. The molecule has 0 nitrogen and oxygen atoms in total. The molecule has 0 N–H and O–H groups in total.